The van der Waals surface area contributed by atoms with E-state index < -0.39 is 24.0 Å². The molecule has 0 radical (unpaired) electrons. The standard InChI is InChI=1S/C27H45FO3/c1-16(6-11-23(28)25(2,3)31)20-9-10-21-19-8-7-17-14-18(29)15-24(30)27(17,5)22(19)12-13-26(20,21)4/h7,16,18-24,29-31H,6,8-15H2,1-5H3/t16-,18-,19+,20-,21+,22+,23-,24+,26-,27+/m1/s1. The van der Waals surface area contributed by atoms with Gasteiger partial charge in [0.2, 0.25) is 0 Å². The summed E-state index contributed by atoms with van der Waals surface area (Å²) in [7, 11) is 0. The number of alkyl halides is 1. The molecule has 0 aromatic carbocycles. The van der Waals surface area contributed by atoms with Crippen molar-refractivity contribution in [2.75, 3.05) is 0 Å². The largest absolute Gasteiger partial charge is 0.393 e. The van der Waals surface area contributed by atoms with Gasteiger partial charge in [-0.3, -0.25) is 0 Å². The zero-order valence-corrected chi connectivity index (χ0v) is 20.3. The number of allylic oxidation sites excluding steroid dienone is 1. The van der Waals surface area contributed by atoms with Crippen molar-refractivity contribution in [1.82, 2.24) is 0 Å². The van der Waals surface area contributed by atoms with Crippen molar-refractivity contribution >= 4 is 0 Å². The molecular formula is C27H45FO3. The van der Waals surface area contributed by atoms with Crippen molar-refractivity contribution in [3.05, 3.63) is 11.6 Å². The molecule has 3 fully saturated rings. The van der Waals surface area contributed by atoms with Gasteiger partial charge in [0, 0.05) is 11.8 Å². The second-order valence-electron chi connectivity index (χ2n) is 12.6. The van der Waals surface area contributed by atoms with Crippen LogP contribution in [0.5, 0.6) is 0 Å². The first-order valence-corrected chi connectivity index (χ1v) is 12.8. The summed E-state index contributed by atoms with van der Waals surface area (Å²) in [6.07, 6.45) is 8.75. The molecule has 4 aliphatic carbocycles. The summed E-state index contributed by atoms with van der Waals surface area (Å²) in [5, 5.41) is 31.2. The summed E-state index contributed by atoms with van der Waals surface area (Å²) in [5.74, 6) is 2.87. The summed E-state index contributed by atoms with van der Waals surface area (Å²) < 4.78 is 14.4. The van der Waals surface area contributed by atoms with Crippen LogP contribution in [0.2, 0.25) is 0 Å². The van der Waals surface area contributed by atoms with Gasteiger partial charge >= 0.3 is 0 Å². The van der Waals surface area contributed by atoms with Crippen LogP contribution in [-0.2, 0) is 0 Å². The van der Waals surface area contributed by atoms with Crippen LogP contribution in [0, 0.1) is 40.4 Å². The molecule has 0 bridgehead atoms. The molecule has 0 aliphatic heterocycles. The highest BCUT2D eigenvalue weighted by molar-refractivity contribution is 5.27. The third-order valence-corrected chi connectivity index (χ3v) is 10.6. The van der Waals surface area contributed by atoms with Gasteiger partial charge in [-0.15, -0.1) is 0 Å². The first kappa shape index (κ1) is 23.7. The van der Waals surface area contributed by atoms with E-state index in [2.05, 4.69) is 26.8 Å². The molecule has 4 heteroatoms. The van der Waals surface area contributed by atoms with E-state index in [4.69, 9.17) is 0 Å². The molecule has 4 rings (SSSR count). The number of rotatable bonds is 5. The molecule has 4 aliphatic rings. The normalized spacial score (nSPS) is 47.1. The van der Waals surface area contributed by atoms with Crippen LogP contribution < -0.4 is 0 Å². The fourth-order valence-corrected chi connectivity index (χ4v) is 8.64. The molecule has 0 saturated heterocycles. The van der Waals surface area contributed by atoms with Crippen molar-refractivity contribution in [3.8, 4) is 0 Å². The Bertz CT molecular complexity index is 699. The Morgan fingerprint density at radius 1 is 1.13 bits per heavy atom. The molecule has 0 spiro atoms. The number of fused-ring (bicyclic) bond motifs is 5. The van der Waals surface area contributed by atoms with Gasteiger partial charge in [-0.25, -0.2) is 4.39 Å². The molecule has 3 saturated carbocycles. The number of aliphatic hydroxyl groups is 3. The van der Waals surface area contributed by atoms with E-state index in [0.29, 0.717) is 47.8 Å². The maximum atomic E-state index is 14.4. The van der Waals surface area contributed by atoms with Crippen LogP contribution in [0.15, 0.2) is 11.6 Å². The lowest BCUT2D eigenvalue weighted by atomic mass is 9.46. The molecule has 178 valence electrons. The van der Waals surface area contributed by atoms with Crippen molar-refractivity contribution in [2.24, 2.45) is 40.4 Å². The second kappa shape index (κ2) is 8.09. The lowest BCUT2D eigenvalue weighted by Gasteiger charge is -2.59. The molecule has 31 heavy (non-hydrogen) atoms. The van der Waals surface area contributed by atoms with E-state index >= 15 is 0 Å². The summed E-state index contributed by atoms with van der Waals surface area (Å²) in [6.45, 7) is 10.2. The monoisotopic (exact) mass is 436 g/mol. The highest BCUT2D eigenvalue weighted by Crippen LogP contribution is 2.67. The lowest BCUT2D eigenvalue weighted by molar-refractivity contribution is -0.108. The van der Waals surface area contributed by atoms with Crippen LogP contribution in [0.4, 0.5) is 4.39 Å². The molecule has 3 nitrogen and oxygen atoms in total. The van der Waals surface area contributed by atoms with Gasteiger partial charge < -0.3 is 15.3 Å². The fourth-order valence-electron chi connectivity index (χ4n) is 8.64. The van der Waals surface area contributed by atoms with Gasteiger partial charge in [-0.2, -0.15) is 0 Å². The first-order valence-electron chi connectivity index (χ1n) is 12.8. The Balaban J connectivity index is 1.50. The Labute approximate surface area is 188 Å². The first-order chi connectivity index (χ1) is 14.4. The zero-order valence-electron chi connectivity index (χ0n) is 20.3. The minimum Gasteiger partial charge on any atom is -0.393 e. The van der Waals surface area contributed by atoms with Crippen LogP contribution in [0.1, 0.15) is 92.4 Å². The Morgan fingerprint density at radius 2 is 1.84 bits per heavy atom. The van der Waals surface area contributed by atoms with Crippen molar-refractivity contribution in [3.63, 3.8) is 0 Å². The predicted octanol–water partition coefficient (Wildman–Crippen LogP) is 5.42. The number of hydrogen-bond acceptors (Lipinski definition) is 3. The summed E-state index contributed by atoms with van der Waals surface area (Å²) in [6, 6.07) is 0. The fraction of sp³-hybridized carbons (Fsp3) is 0.926. The molecular weight excluding hydrogens is 391 g/mol. The van der Waals surface area contributed by atoms with E-state index in [-0.39, 0.29) is 5.41 Å². The number of halogens is 1. The van der Waals surface area contributed by atoms with Crippen molar-refractivity contribution in [2.45, 2.75) is 116 Å². The summed E-state index contributed by atoms with van der Waals surface area (Å²) in [5.41, 5.74) is 0.159. The van der Waals surface area contributed by atoms with Gasteiger partial charge in [-0.05, 0) is 100 Å². The van der Waals surface area contributed by atoms with Gasteiger partial charge in [0.15, 0.2) is 0 Å². The van der Waals surface area contributed by atoms with E-state index in [1.807, 2.05) is 0 Å². The maximum Gasteiger partial charge on any atom is 0.128 e. The minimum absolute atomic E-state index is 0.179. The quantitative estimate of drug-likeness (QED) is 0.504. The highest BCUT2D eigenvalue weighted by Gasteiger charge is 2.60. The Morgan fingerprint density at radius 3 is 2.52 bits per heavy atom. The topological polar surface area (TPSA) is 60.7 Å². The highest BCUT2D eigenvalue weighted by atomic mass is 19.1. The third kappa shape index (κ3) is 3.83. The average molecular weight is 437 g/mol. The van der Waals surface area contributed by atoms with Crippen molar-refractivity contribution < 1.29 is 19.7 Å². The van der Waals surface area contributed by atoms with Gasteiger partial charge in [-0.1, -0.05) is 32.4 Å². The predicted molar refractivity (Wildman–Crippen MR) is 122 cm³/mol. The average Bonchev–Trinajstić information content (AvgIpc) is 3.03. The molecule has 0 unspecified atom stereocenters. The second-order valence-corrected chi connectivity index (χ2v) is 12.6. The van der Waals surface area contributed by atoms with E-state index in [1.165, 1.54) is 24.8 Å². The lowest BCUT2D eigenvalue weighted by Crippen LogP contribution is -2.55. The summed E-state index contributed by atoms with van der Waals surface area (Å²) in [4.78, 5) is 0. The SMILES string of the molecule is C[C@H](CC[C@@H](F)C(C)(C)O)[C@H]1CC[C@H]2[C@@H]3CC=C4C[C@@H](O)C[C@H](O)[C@]4(C)[C@H]3CC[C@]12C. The van der Waals surface area contributed by atoms with Crippen LogP contribution in [0.25, 0.3) is 0 Å². The molecule has 0 aromatic heterocycles. The van der Waals surface area contributed by atoms with E-state index in [9.17, 15) is 19.7 Å². The maximum absolute atomic E-state index is 14.4. The van der Waals surface area contributed by atoms with Crippen molar-refractivity contribution in [1.29, 1.82) is 0 Å². The van der Waals surface area contributed by atoms with E-state index in [0.717, 1.165) is 25.7 Å². The third-order valence-electron chi connectivity index (χ3n) is 10.6. The zero-order chi connectivity index (χ0) is 22.8. The van der Waals surface area contributed by atoms with Crippen LogP contribution in [0.3, 0.4) is 0 Å². The van der Waals surface area contributed by atoms with Crippen LogP contribution in [-0.4, -0.2) is 39.3 Å². The van der Waals surface area contributed by atoms with Crippen LogP contribution >= 0.6 is 0 Å². The number of hydrogen-bond donors (Lipinski definition) is 3. The molecule has 3 N–H and O–H groups in total. The summed E-state index contributed by atoms with van der Waals surface area (Å²) >= 11 is 0. The Kier molecular flexibility index (Phi) is 6.19. The minimum atomic E-state index is -1.25. The Hall–Kier alpha value is -0.450. The molecule has 10 atom stereocenters. The van der Waals surface area contributed by atoms with E-state index in [1.54, 1.807) is 13.8 Å². The smallest absolute Gasteiger partial charge is 0.128 e. The molecule has 0 aromatic rings. The molecule has 0 amide bonds. The van der Waals surface area contributed by atoms with Gasteiger partial charge in [0.25, 0.3) is 0 Å². The number of aliphatic hydroxyl groups excluding tert-OH is 2. The van der Waals surface area contributed by atoms with Gasteiger partial charge in [0.05, 0.1) is 17.8 Å². The molecule has 0 heterocycles. The van der Waals surface area contributed by atoms with Gasteiger partial charge in [0.1, 0.15) is 6.17 Å².